The van der Waals surface area contributed by atoms with Gasteiger partial charge in [-0.3, -0.25) is 14.6 Å². The molecule has 4 nitrogen and oxygen atoms in total. The molecule has 0 N–H and O–H groups in total. The summed E-state index contributed by atoms with van der Waals surface area (Å²) in [5, 5.41) is 0. The quantitative estimate of drug-likeness (QED) is 0.784. The first-order valence-electron chi connectivity index (χ1n) is 6.63. The molecule has 0 unspecified atom stereocenters. The van der Waals surface area contributed by atoms with Gasteiger partial charge in [-0.15, -0.1) is 0 Å². The summed E-state index contributed by atoms with van der Waals surface area (Å²) in [6, 6.07) is 7.03. The van der Waals surface area contributed by atoms with Gasteiger partial charge in [-0.2, -0.15) is 0 Å². The Hall–Kier alpha value is -1.84. The molecule has 1 heterocycles. The highest BCUT2D eigenvalue weighted by molar-refractivity contribution is 6.14. The Labute approximate surface area is 114 Å². The maximum Gasteiger partial charge on any atom is 0.331 e. The Morgan fingerprint density at radius 1 is 1.16 bits per heavy atom. The summed E-state index contributed by atoms with van der Waals surface area (Å²) in [7, 11) is 0. The molecule has 0 spiro atoms. The minimum Gasteiger partial charge on any atom is -0.282 e. The normalized spacial score (nSPS) is 19.7. The van der Waals surface area contributed by atoms with Gasteiger partial charge in [0.2, 0.25) is 0 Å². The van der Waals surface area contributed by atoms with Crippen LogP contribution in [0.3, 0.4) is 0 Å². The zero-order valence-corrected chi connectivity index (χ0v) is 11.9. The number of benzene rings is 1. The Morgan fingerprint density at radius 2 is 1.74 bits per heavy atom. The maximum absolute atomic E-state index is 12.4. The van der Waals surface area contributed by atoms with Gasteiger partial charge in [-0.25, -0.2) is 4.79 Å². The zero-order chi connectivity index (χ0) is 14.2. The van der Waals surface area contributed by atoms with Gasteiger partial charge in [0, 0.05) is 12.2 Å². The van der Waals surface area contributed by atoms with E-state index in [1.54, 1.807) is 11.8 Å². The highest BCUT2D eigenvalue weighted by atomic mass is 16.2. The summed E-state index contributed by atoms with van der Waals surface area (Å²) in [6.45, 7) is 8.25. The first kappa shape index (κ1) is 13.6. The number of carbonyl (C=O) groups is 2. The van der Waals surface area contributed by atoms with Crippen molar-refractivity contribution in [2.45, 2.75) is 33.7 Å². The predicted octanol–water partition coefficient (Wildman–Crippen LogP) is 2.81. The van der Waals surface area contributed by atoms with Crippen molar-refractivity contribution in [1.82, 2.24) is 4.90 Å². The van der Waals surface area contributed by atoms with E-state index in [2.05, 4.69) is 0 Å². The lowest BCUT2D eigenvalue weighted by atomic mass is 10.2. The van der Waals surface area contributed by atoms with Crippen molar-refractivity contribution in [1.29, 1.82) is 0 Å². The molecule has 4 heteroatoms. The second-order valence-electron chi connectivity index (χ2n) is 5.51. The van der Waals surface area contributed by atoms with E-state index in [-0.39, 0.29) is 17.9 Å². The third-order valence-corrected chi connectivity index (χ3v) is 3.31. The number of carbonyl (C=O) groups excluding carboxylic acids is 2. The van der Waals surface area contributed by atoms with Crippen LogP contribution in [0, 0.1) is 12.8 Å². The van der Waals surface area contributed by atoms with Gasteiger partial charge >= 0.3 is 6.03 Å². The number of nitrogens with zero attached hydrogens (tertiary/aromatic N) is 2. The number of anilines is 1. The van der Waals surface area contributed by atoms with E-state index in [1.807, 2.05) is 45.0 Å². The molecule has 1 aliphatic rings. The van der Waals surface area contributed by atoms with E-state index < -0.39 is 6.04 Å². The van der Waals surface area contributed by atoms with Gasteiger partial charge in [0.1, 0.15) is 6.04 Å². The lowest BCUT2D eigenvalue weighted by Crippen LogP contribution is -2.35. The minimum absolute atomic E-state index is 0.112. The lowest BCUT2D eigenvalue weighted by Gasteiger charge is -2.20. The fourth-order valence-electron chi connectivity index (χ4n) is 2.30. The molecule has 1 aliphatic heterocycles. The zero-order valence-electron chi connectivity index (χ0n) is 11.9. The van der Waals surface area contributed by atoms with Gasteiger partial charge < -0.3 is 0 Å². The minimum atomic E-state index is -0.422. The summed E-state index contributed by atoms with van der Waals surface area (Å²) in [5.74, 6) is 0.164. The van der Waals surface area contributed by atoms with Crippen molar-refractivity contribution in [3.05, 3.63) is 29.8 Å². The van der Waals surface area contributed by atoms with Gasteiger partial charge in [0.25, 0.3) is 5.91 Å². The second kappa shape index (κ2) is 5.03. The SMILES string of the molecule is Cc1ccc(N2C(=O)N(CC(C)C)C(=O)[C@H]2C)cc1. The van der Waals surface area contributed by atoms with Crippen LogP contribution in [0.5, 0.6) is 0 Å². The average Bonchev–Trinajstić information content (AvgIpc) is 2.55. The van der Waals surface area contributed by atoms with Gasteiger partial charge in [-0.1, -0.05) is 31.5 Å². The van der Waals surface area contributed by atoms with Crippen LogP contribution in [-0.2, 0) is 4.79 Å². The average molecular weight is 260 g/mol. The van der Waals surface area contributed by atoms with Crippen molar-refractivity contribution >= 4 is 17.6 Å². The van der Waals surface area contributed by atoms with E-state index >= 15 is 0 Å². The van der Waals surface area contributed by atoms with Crippen LogP contribution in [0.2, 0.25) is 0 Å². The first-order chi connectivity index (χ1) is 8.91. The van der Waals surface area contributed by atoms with Crippen molar-refractivity contribution in [3.63, 3.8) is 0 Å². The third-order valence-electron chi connectivity index (χ3n) is 3.31. The number of hydrogen-bond acceptors (Lipinski definition) is 2. The molecule has 1 saturated heterocycles. The standard InChI is InChI=1S/C15H20N2O2/c1-10(2)9-16-14(18)12(4)17(15(16)19)13-7-5-11(3)6-8-13/h5-8,10,12H,9H2,1-4H3/t12-/m1/s1. The number of imide groups is 1. The number of urea groups is 1. The molecule has 1 aromatic rings. The Balaban J connectivity index is 2.29. The van der Waals surface area contributed by atoms with Crippen LogP contribution >= 0.6 is 0 Å². The molecule has 0 aliphatic carbocycles. The smallest absolute Gasteiger partial charge is 0.282 e. The van der Waals surface area contributed by atoms with Gasteiger partial charge in [0.15, 0.2) is 0 Å². The Bertz CT molecular complexity index is 493. The lowest BCUT2D eigenvalue weighted by molar-refractivity contribution is -0.127. The summed E-state index contributed by atoms with van der Waals surface area (Å²) in [4.78, 5) is 27.5. The fraction of sp³-hybridized carbons (Fsp3) is 0.467. The molecular weight excluding hydrogens is 240 g/mol. The fourth-order valence-corrected chi connectivity index (χ4v) is 2.30. The number of hydrogen-bond donors (Lipinski definition) is 0. The summed E-state index contributed by atoms with van der Waals surface area (Å²) >= 11 is 0. The molecule has 3 amide bonds. The van der Waals surface area contributed by atoms with Crippen LogP contribution < -0.4 is 4.90 Å². The van der Waals surface area contributed by atoms with Crippen molar-refractivity contribution in [3.8, 4) is 0 Å². The van der Waals surface area contributed by atoms with Crippen LogP contribution in [0.4, 0.5) is 10.5 Å². The number of aryl methyl sites for hydroxylation is 1. The summed E-state index contributed by atoms with van der Waals surface area (Å²) < 4.78 is 0. The van der Waals surface area contributed by atoms with E-state index in [1.165, 1.54) is 4.90 Å². The topological polar surface area (TPSA) is 40.6 Å². The third kappa shape index (κ3) is 2.48. The van der Waals surface area contributed by atoms with Gasteiger partial charge in [-0.05, 0) is 31.9 Å². The van der Waals surface area contributed by atoms with E-state index in [9.17, 15) is 9.59 Å². The van der Waals surface area contributed by atoms with Crippen LogP contribution in [0.25, 0.3) is 0 Å². The Kier molecular flexibility index (Phi) is 3.60. The summed E-state index contributed by atoms with van der Waals surface area (Å²) in [6.07, 6.45) is 0. The molecule has 1 fully saturated rings. The highest BCUT2D eigenvalue weighted by Gasteiger charge is 2.43. The molecular formula is C15H20N2O2. The van der Waals surface area contributed by atoms with Crippen molar-refractivity contribution < 1.29 is 9.59 Å². The predicted molar refractivity (Wildman–Crippen MR) is 75.1 cm³/mol. The van der Waals surface area contributed by atoms with Crippen molar-refractivity contribution in [2.75, 3.05) is 11.4 Å². The molecule has 0 aromatic heterocycles. The number of amides is 3. The monoisotopic (exact) mass is 260 g/mol. The molecule has 1 aromatic carbocycles. The number of rotatable bonds is 3. The molecule has 1 atom stereocenters. The highest BCUT2D eigenvalue weighted by Crippen LogP contribution is 2.26. The maximum atomic E-state index is 12.4. The summed E-state index contributed by atoms with van der Waals surface area (Å²) in [5.41, 5.74) is 1.91. The van der Waals surface area contributed by atoms with E-state index in [0.717, 1.165) is 11.3 Å². The van der Waals surface area contributed by atoms with Crippen LogP contribution in [0.15, 0.2) is 24.3 Å². The van der Waals surface area contributed by atoms with Crippen LogP contribution in [0.1, 0.15) is 26.3 Å². The van der Waals surface area contributed by atoms with Crippen LogP contribution in [-0.4, -0.2) is 29.4 Å². The molecule has 2 rings (SSSR count). The molecule has 0 radical (unpaired) electrons. The second-order valence-corrected chi connectivity index (χ2v) is 5.51. The largest absolute Gasteiger partial charge is 0.331 e. The van der Waals surface area contributed by atoms with Crippen molar-refractivity contribution in [2.24, 2.45) is 5.92 Å². The molecule has 19 heavy (non-hydrogen) atoms. The molecule has 102 valence electrons. The molecule has 0 saturated carbocycles. The van der Waals surface area contributed by atoms with Gasteiger partial charge in [0.05, 0.1) is 0 Å². The van der Waals surface area contributed by atoms with E-state index in [0.29, 0.717) is 6.54 Å². The Morgan fingerprint density at radius 3 is 2.26 bits per heavy atom. The molecule has 0 bridgehead atoms. The first-order valence-corrected chi connectivity index (χ1v) is 6.63. The van der Waals surface area contributed by atoms with E-state index in [4.69, 9.17) is 0 Å².